The number of hydrogen-bond acceptors (Lipinski definition) is 4. The molecule has 0 spiro atoms. The molecule has 1 unspecified atom stereocenters. The van der Waals surface area contributed by atoms with Crippen LogP contribution < -0.4 is 11.1 Å². The van der Waals surface area contributed by atoms with Gasteiger partial charge in [-0.15, -0.1) is 0 Å². The molecule has 0 fully saturated rings. The summed E-state index contributed by atoms with van der Waals surface area (Å²) in [6.07, 6.45) is 1.63. The predicted molar refractivity (Wildman–Crippen MR) is 79.8 cm³/mol. The van der Waals surface area contributed by atoms with Crippen molar-refractivity contribution in [3.8, 4) is 0 Å². The highest BCUT2D eigenvalue weighted by Gasteiger charge is 2.17. The minimum absolute atomic E-state index is 0.228. The Hall–Kier alpha value is -2.76. The molecule has 3 aromatic rings. The van der Waals surface area contributed by atoms with Gasteiger partial charge in [0, 0.05) is 5.39 Å². The summed E-state index contributed by atoms with van der Waals surface area (Å²) in [5.41, 5.74) is 7.71. The average Bonchev–Trinajstić information content (AvgIpc) is 3.05. The summed E-state index contributed by atoms with van der Waals surface area (Å²) in [4.78, 5) is 19.4. The number of anilines is 1. The third-order valence-corrected chi connectivity index (χ3v) is 3.29. The number of H-pyrrole nitrogens is 1. The number of nitrogen functional groups attached to an aromatic ring is 1. The number of amides is 1. The molecule has 6 nitrogen and oxygen atoms in total. The summed E-state index contributed by atoms with van der Waals surface area (Å²) in [5.74, 6) is 0.968. The fraction of sp³-hybridized carbons (Fsp3) is 0.200. The molecule has 3 rings (SSSR count). The van der Waals surface area contributed by atoms with Crippen LogP contribution >= 0.6 is 0 Å². The normalized spacial score (nSPS) is 12.5. The van der Waals surface area contributed by atoms with E-state index in [4.69, 9.17) is 10.2 Å². The number of aryl methyl sites for hydroxylation is 1. The van der Waals surface area contributed by atoms with E-state index in [1.165, 1.54) is 0 Å². The monoisotopic (exact) mass is 284 g/mol. The molecular weight excluding hydrogens is 268 g/mol. The number of nitrogens with two attached hydrogens (primary N) is 1. The molecule has 0 saturated heterocycles. The van der Waals surface area contributed by atoms with Crippen molar-refractivity contribution in [3.63, 3.8) is 0 Å². The lowest BCUT2D eigenvalue weighted by Gasteiger charge is -2.09. The van der Waals surface area contributed by atoms with Gasteiger partial charge in [-0.05, 0) is 26.0 Å². The Labute approximate surface area is 121 Å². The summed E-state index contributed by atoms with van der Waals surface area (Å²) < 4.78 is 5.40. The number of hydrogen-bond donors (Lipinski definition) is 3. The first-order valence-electron chi connectivity index (χ1n) is 6.65. The Morgan fingerprint density at radius 1 is 1.48 bits per heavy atom. The predicted octanol–water partition coefficient (Wildman–Crippen LogP) is 2.54. The third-order valence-electron chi connectivity index (χ3n) is 3.29. The molecule has 0 saturated carbocycles. The number of aromatic amines is 1. The lowest BCUT2D eigenvalue weighted by Crippen LogP contribution is -2.27. The maximum Gasteiger partial charge on any atom is 0.268 e. The topological polar surface area (TPSA) is 96.9 Å². The summed E-state index contributed by atoms with van der Waals surface area (Å²) in [6, 6.07) is 7.01. The average molecular weight is 284 g/mol. The minimum atomic E-state index is -0.310. The molecule has 1 atom stereocenters. The molecule has 108 valence electrons. The molecule has 2 heterocycles. The summed E-state index contributed by atoms with van der Waals surface area (Å²) >= 11 is 0. The second-order valence-corrected chi connectivity index (χ2v) is 5.00. The van der Waals surface area contributed by atoms with E-state index in [1.54, 1.807) is 18.3 Å². The number of nitrogens with zero attached hydrogens (tertiary/aromatic N) is 1. The number of carbonyl (C=O) groups excluding carboxylic acids is 1. The Morgan fingerprint density at radius 2 is 2.29 bits per heavy atom. The Morgan fingerprint density at radius 3 is 2.95 bits per heavy atom. The number of benzene rings is 1. The van der Waals surface area contributed by atoms with Crippen LogP contribution in [0.25, 0.3) is 10.9 Å². The molecule has 1 aromatic carbocycles. The highest BCUT2D eigenvalue weighted by atomic mass is 16.4. The van der Waals surface area contributed by atoms with Crippen LogP contribution in [-0.2, 0) is 0 Å². The van der Waals surface area contributed by atoms with Crippen molar-refractivity contribution < 1.29 is 9.21 Å². The van der Waals surface area contributed by atoms with E-state index in [2.05, 4.69) is 15.3 Å². The zero-order chi connectivity index (χ0) is 15.0. The van der Waals surface area contributed by atoms with Crippen molar-refractivity contribution in [2.24, 2.45) is 0 Å². The van der Waals surface area contributed by atoms with E-state index in [0.717, 1.165) is 10.9 Å². The van der Waals surface area contributed by atoms with E-state index < -0.39 is 0 Å². The van der Waals surface area contributed by atoms with Crippen molar-refractivity contribution in [1.82, 2.24) is 15.3 Å². The highest BCUT2D eigenvalue weighted by molar-refractivity contribution is 6.00. The Balaban J connectivity index is 1.82. The molecule has 0 radical (unpaired) electrons. The molecule has 0 aliphatic rings. The Bertz CT molecular complexity index is 803. The van der Waals surface area contributed by atoms with Crippen LogP contribution in [0.15, 0.2) is 34.9 Å². The van der Waals surface area contributed by atoms with Gasteiger partial charge < -0.3 is 20.5 Å². The van der Waals surface area contributed by atoms with E-state index in [9.17, 15) is 4.79 Å². The zero-order valence-electron chi connectivity index (χ0n) is 11.8. The fourth-order valence-electron chi connectivity index (χ4n) is 2.21. The van der Waals surface area contributed by atoms with Crippen LogP contribution in [0.3, 0.4) is 0 Å². The van der Waals surface area contributed by atoms with Crippen LogP contribution in [-0.4, -0.2) is 15.9 Å². The van der Waals surface area contributed by atoms with Crippen molar-refractivity contribution >= 4 is 22.5 Å². The van der Waals surface area contributed by atoms with Crippen LogP contribution in [0.1, 0.15) is 35.1 Å². The highest BCUT2D eigenvalue weighted by Crippen LogP contribution is 2.21. The molecule has 0 aliphatic heterocycles. The van der Waals surface area contributed by atoms with Crippen molar-refractivity contribution in [2.75, 3.05) is 5.73 Å². The standard InChI is InChI=1S/C15H16N4O2/c1-8-7-17-15(21-8)9(2)18-14(20)12-6-10-4-3-5-11(16)13(10)19-12/h3-7,9,19H,16H2,1-2H3,(H,18,20). The van der Waals surface area contributed by atoms with E-state index >= 15 is 0 Å². The van der Waals surface area contributed by atoms with Gasteiger partial charge in [0.2, 0.25) is 5.89 Å². The van der Waals surface area contributed by atoms with Crippen molar-refractivity contribution in [3.05, 3.63) is 47.8 Å². The molecular formula is C15H16N4O2. The summed E-state index contributed by atoms with van der Waals surface area (Å²) in [7, 11) is 0. The molecule has 0 aliphatic carbocycles. The molecule has 0 bridgehead atoms. The fourth-order valence-corrected chi connectivity index (χ4v) is 2.21. The number of oxazole rings is 1. The van der Waals surface area contributed by atoms with Gasteiger partial charge in [-0.3, -0.25) is 4.79 Å². The zero-order valence-corrected chi connectivity index (χ0v) is 11.8. The van der Waals surface area contributed by atoms with E-state index in [1.807, 2.05) is 26.0 Å². The maximum atomic E-state index is 12.3. The van der Waals surface area contributed by atoms with Gasteiger partial charge >= 0.3 is 0 Å². The van der Waals surface area contributed by atoms with Crippen LogP contribution in [0.4, 0.5) is 5.69 Å². The number of aromatic nitrogens is 2. The van der Waals surface area contributed by atoms with Gasteiger partial charge in [-0.1, -0.05) is 12.1 Å². The number of rotatable bonds is 3. The lowest BCUT2D eigenvalue weighted by atomic mass is 10.2. The molecule has 1 amide bonds. The smallest absolute Gasteiger partial charge is 0.268 e. The van der Waals surface area contributed by atoms with E-state index in [0.29, 0.717) is 23.0 Å². The second kappa shape index (κ2) is 4.97. The maximum absolute atomic E-state index is 12.3. The number of nitrogens with one attached hydrogen (secondary N) is 2. The van der Waals surface area contributed by atoms with Crippen LogP contribution in [0.2, 0.25) is 0 Å². The van der Waals surface area contributed by atoms with Gasteiger partial charge in [0.05, 0.1) is 17.4 Å². The van der Waals surface area contributed by atoms with Crippen molar-refractivity contribution in [1.29, 1.82) is 0 Å². The molecule has 6 heteroatoms. The first-order chi connectivity index (χ1) is 10.0. The SMILES string of the molecule is Cc1cnc(C(C)NC(=O)c2cc3cccc(N)c3[nH]2)o1. The lowest BCUT2D eigenvalue weighted by molar-refractivity contribution is 0.0929. The second-order valence-electron chi connectivity index (χ2n) is 5.00. The quantitative estimate of drug-likeness (QED) is 0.644. The van der Waals surface area contributed by atoms with Gasteiger partial charge in [0.15, 0.2) is 0 Å². The largest absolute Gasteiger partial charge is 0.444 e. The van der Waals surface area contributed by atoms with E-state index in [-0.39, 0.29) is 11.9 Å². The summed E-state index contributed by atoms with van der Waals surface area (Å²) in [6.45, 7) is 3.63. The first-order valence-corrected chi connectivity index (χ1v) is 6.65. The van der Waals surface area contributed by atoms with Gasteiger partial charge in [0.25, 0.3) is 5.91 Å². The van der Waals surface area contributed by atoms with Crippen LogP contribution in [0, 0.1) is 6.92 Å². The van der Waals surface area contributed by atoms with Gasteiger partial charge in [0.1, 0.15) is 17.5 Å². The van der Waals surface area contributed by atoms with Gasteiger partial charge in [-0.2, -0.15) is 0 Å². The molecule has 21 heavy (non-hydrogen) atoms. The van der Waals surface area contributed by atoms with Gasteiger partial charge in [-0.25, -0.2) is 4.98 Å². The Kier molecular flexibility index (Phi) is 3.13. The van der Waals surface area contributed by atoms with Crippen LogP contribution in [0.5, 0.6) is 0 Å². The number of para-hydroxylation sites is 1. The summed E-state index contributed by atoms with van der Waals surface area (Å²) in [5, 5.41) is 3.74. The first kappa shape index (κ1) is 13.2. The minimum Gasteiger partial charge on any atom is -0.444 e. The number of carbonyl (C=O) groups is 1. The number of fused-ring (bicyclic) bond motifs is 1. The molecule has 2 aromatic heterocycles. The van der Waals surface area contributed by atoms with Crippen molar-refractivity contribution in [2.45, 2.75) is 19.9 Å². The third kappa shape index (κ3) is 2.47. The molecule has 4 N–H and O–H groups in total.